The molecular weight excluding hydrogens is 324 g/mol. The minimum absolute atomic E-state index is 0.432. The molecule has 0 radical (unpaired) electrons. The van der Waals surface area contributed by atoms with Crippen LogP contribution in [-0.2, 0) is 0 Å². The highest BCUT2D eigenvalue weighted by Crippen LogP contribution is 2.31. The highest BCUT2D eigenvalue weighted by molar-refractivity contribution is 6.30. The highest BCUT2D eigenvalue weighted by Gasteiger charge is 2.26. The lowest BCUT2D eigenvalue weighted by molar-refractivity contribution is 0.545. The molecule has 5 nitrogen and oxygen atoms in total. The van der Waals surface area contributed by atoms with Crippen molar-refractivity contribution in [2.24, 2.45) is 0 Å². The van der Waals surface area contributed by atoms with Gasteiger partial charge in [0.05, 0.1) is 6.20 Å². The largest absolute Gasteiger partial charge is 0.460 e. The molecule has 3 heterocycles. The Balaban J connectivity index is 1.55. The van der Waals surface area contributed by atoms with E-state index in [2.05, 4.69) is 26.1 Å². The molecule has 6 heteroatoms. The maximum Gasteiger partial charge on any atom is 0.246 e. The second kappa shape index (κ2) is 6.24. The van der Waals surface area contributed by atoms with Crippen molar-refractivity contribution in [3.63, 3.8) is 0 Å². The second-order valence-corrected chi connectivity index (χ2v) is 6.47. The van der Waals surface area contributed by atoms with Crippen molar-refractivity contribution in [2.75, 3.05) is 18.0 Å². The molecule has 0 aliphatic carbocycles. The van der Waals surface area contributed by atoms with E-state index in [4.69, 9.17) is 16.0 Å². The van der Waals surface area contributed by atoms with Gasteiger partial charge in [0.1, 0.15) is 11.5 Å². The molecule has 0 saturated carbocycles. The van der Waals surface area contributed by atoms with Crippen molar-refractivity contribution >= 4 is 17.5 Å². The Labute approximate surface area is 145 Å². The minimum Gasteiger partial charge on any atom is -0.460 e. The van der Waals surface area contributed by atoms with Crippen LogP contribution in [0.1, 0.15) is 23.7 Å². The average Bonchev–Trinajstić information content (AvgIpc) is 3.24. The van der Waals surface area contributed by atoms with Gasteiger partial charge in [-0.15, -0.1) is 5.10 Å². The smallest absolute Gasteiger partial charge is 0.246 e. The summed E-state index contributed by atoms with van der Waals surface area (Å²) in [6.45, 7) is 3.68. The Morgan fingerprint density at radius 2 is 2.17 bits per heavy atom. The summed E-state index contributed by atoms with van der Waals surface area (Å²) in [5.74, 6) is 2.65. The highest BCUT2D eigenvalue weighted by atomic mass is 35.5. The number of hydrogen-bond donors (Lipinski definition) is 0. The first-order valence-corrected chi connectivity index (χ1v) is 8.34. The minimum atomic E-state index is 0.432. The molecule has 1 atom stereocenters. The maximum atomic E-state index is 6.11. The molecule has 1 fully saturated rings. The summed E-state index contributed by atoms with van der Waals surface area (Å²) < 4.78 is 5.63. The topological polar surface area (TPSA) is 55.1 Å². The van der Waals surface area contributed by atoms with Crippen molar-refractivity contribution in [3.05, 3.63) is 58.9 Å². The first-order chi connectivity index (χ1) is 11.7. The molecule has 1 aliphatic heterocycles. The number of nitrogens with zero attached hydrogens (tertiary/aromatic N) is 4. The Bertz CT molecular complexity index is 863. The maximum absolute atomic E-state index is 6.11. The number of rotatable bonds is 3. The van der Waals surface area contributed by atoms with Crippen molar-refractivity contribution in [3.8, 4) is 11.5 Å². The Kier molecular flexibility index (Phi) is 3.94. The molecule has 0 amide bonds. The van der Waals surface area contributed by atoms with Crippen LogP contribution < -0.4 is 4.90 Å². The summed E-state index contributed by atoms with van der Waals surface area (Å²) in [7, 11) is 0. The van der Waals surface area contributed by atoms with E-state index in [0.717, 1.165) is 30.3 Å². The van der Waals surface area contributed by atoms with Crippen LogP contribution >= 0.6 is 11.6 Å². The molecule has 4 rings (SSSR count). The van der Waals surface area contributed by atoms with Gasteiger partial charge in [0, 0.05) is 24.0 Å². The normalized spacial score (nSPS) is 17.4. The quantitative estimate of drug-likeness (QED) is 0.718. The van der Waals surface area contributed by atoms with E-state index in [1.165, 1.54) is 5.56 Å². The zero-order valence-electron chi connectivity index (χ0n) is 13.3. The van der Waals surface area contributed by atoms with Crippen molar-refractivity contribution in [1.82, 2.24) is 15.2 Å². The molecule has 122 valence electrons. The lowest BCUT2D eigenvalue weighted by atomic mass is 9.99. The third-order valence-electron chi connectivity index (χ3n) is 4.33. The van der Waals surface area contributed by atoms with Gasteiger partial charge in [-0.3, -0.25) is 0 Å². The van der Waals surface area contributed by atoms with Gasteiger partial charge in [-0.25, -0.2) is 4.98 Å². The fraction of sp³-hybridized carbons (Fsp3) is 0.278. The van der Waals surface area contributed by atoms with E-state index in [1.54, 1.807) is 6.20 Å². The van der Waals surface area contributed by atoms with Gasteiger partial charge in [-0.05, 0) is 43.2 Å². The SMILES string of the molecule is Cc1ccc(-c2cnnc(N3CC[C@@H](c4cccc(Cl)c4)C3)n2)o1. The molecule has 24 heavy (non-hydrogen) atoms. The fourth-order valence-corrected chi connectivity index (χ4v) is 3.29. The number of hydrogen-bond acceptors (Lipinski definition) is 5. The number of benzene rings is 1. The Hall–Kier alpha value is -2.40. The lowest BCUT2D eigenvalue weighted by Crippen LogP contribution is -2.22. The van der Waals surface area contributed by atoms with Gasteiger partial charge in [0.15, 0.2) is 5.76 Å². The Morgan fingerprint density at radius 1 is 1.25 bits per heavy atom. The summed E-state index contributed by atoms with van der Waals surface area (Å²) in [4.78, 5) is 6.78. The van der Waals surface area contributed by atoms with Crippen molar-refractivity contribution in [2.45, 2.75) is 19.3 Å². The van der Waals surface area contributed by atoms with Crippen molar-refractivity contribution < 1.29 is 4.42 Å². The molecule has 3 aromatic rings. The molecule has 1 aliphatic rings. The van der Waals surface area contributed by atoms with Gasteiger partial charge in [-0.2, -0.15) is 5.10 Å². The first-order valence-electron chi connectivity index (χ1n) is 7.96. The van der Waals surface area contributed by atoms with Gasteiger partial charge >= 0.3 is 0 Å². The summed E-state index contributed by atoms with van der Waals surface area (Å²) in [6.07, 6.45) is 2.68. The molecule has 0 spiro atoms. The fourth-order valence-electron chi connectivity index (χ4n) is 3.09. The number of anilines is 1. The van der Waals surface area contributed by atoms with Gasteiger partial charge < -0.3 is 9.32 Å². The van der Waals surface area contributed by atoms with Gasteiger partial charge in [-0.1, -0.05) is 23.7 Å². The molecule has 0 N–H and O–H groups in total. The van der Waals surface area contributed by atoms with E-state index < -0.39 is 0 Å². The van der Waals surface area contributed by atoms with Gasteiger partial charge in [0.2, 0.25) is 5.95 Å². The first kappa shape index (κ1) is 15.1. The van der Waals surface area contributed by atoms with Crippen LogP contribution in [0.3, 0.4) is 0 Å². The molecule has 2 aromatic heterocycles. The van der Waals surface area contributed by atoms with Crippen LogP contribution in [0, 0.1) is 6.92 Å². The number of aromatic nitrogens is 3. The average molecular weight is 341 g/mol. The monoisotopic (exact) mass is 340 g/mol. The van der Waals surface area contributed by atoms with E-state index in [-0.39, 0.29) is 0 Å². The zero-order chi connectivity index (χ0) is 16.5. The summed E-state index contributed by atoms with van der Waals surface area (Å²) in [5.41, 5.74) is 1.97. The third-order valence-corrected chi connectivity index (χ3v) is 4.57. The van der Waals surface area contributed by atoms with Crippen LogP contribution in [0.5, 0.6) is 0 Å². The van der Waals surface area contributed by atoms with Gasteiger partial charge in [0.25, 0.3) is 0 Å². The summed E-state index contributed by atoms with van der Waals surface area (Å²) >= 11 is 6.11. The third kappa shape index (κ3) is 2.99. The van der Waals surface area contributed by atoms with E-state index in [0.29, 0.717) is 23.3 Å². The number of aryl methyl sites for hydroxylation is 1. The predicted octanol–water partition coefficient (Wildman–Crippen LogP) is 4.09. The van der Waals surface area contributed by atoms with E-state index in [9.17, 15) is 0 Å². The Morgan fingerprint density at radius 3 is 2.96 bits per heavy atom. The van der Waals surface area contributed by atoms with Crippen LogP contribution in [0.2, 0.25) is 5.02 Å². The molecule has 1 saturated heterocycles. The second-order valence-electron chi connectivity index (χ2n) is 6.04. The standard InChI is InChI=1S/C18H17ClN4O/c1-12-5-6-17(24-12)16-10-20-22-18(21-16)23-8-7-14(11-23)13-3-2-4-15(19)9-13/h2-6,9-10,14H,7-8,11H2,1H3/t14-/m1/s1. The molecular formula is C18H17ClN4O. The molecule has 1 aromatic carbocycles. The zero-order valence-corrected chi connectivity index (χ0v) is 14.1. The summed E-state index contributed by atoms with van der Waals surface area (Å²) in [5, 5.41) is 9.06. The van der Waals surface area contributed by atoms with Crippen molar-refractivity contribution in [1.29, 1.82) is 0 Å². The molecule has 0 bridgehead atoms. The predicted molar refractivity (Wildman–Crippen MR) is 93.3 cm³/mol. The lowest BCUT2D eigenvalue weighted by Gasteiger charge is -2.16. The van der Waals surface area contributed by atoms with Crippen LogP contribution in [0.15, 0.2) is 47.0 Å². The number of furan rings is 1. The van der Waals surface area contributed by atoms with Crippen LogP contribution in [0.4, 0.5) is 5.95 Å². The van der Waals surface area contributed by atoms with Crippen LogP contribution in [0.25, 0.3) is 11.5 Å². The van der Waals surface area contributed by atoms with E-state index >= 15 is 0 Å². The van der Waals surface area contributed by atoms with Crippen LogP contribution in [-0.4, -0.2) is 28.3 Å². The van der Waals surface area contributed by atoms with E-state index in [1.807, 2.05) is 37.3 Å². The molecule has 0 unspecified atom stereocenters. The summed E-state index contributed by atoms with van der Waals surface area (Å²) in [6, 6.07) is 11.9. The number of halogens is 1.